The smallest absolute Gasteiger partial charge is 0.0228 e. The van der Waals surface area contributed by atoms with E-state index in [1.807, 2.05) is 7.05 Å². The number of likely N-dealkylation sites (N-methyl/N-ethyl adjacent to an activating group) is 1. The fourth-order valence-electron chi connectivity index (χ4n) is 1.40. The molecule has 2 unspecified atom stereocenters. The van der Waals surface area contributed by atoms with E-state index in [9.17, 15) is 0 Å². The summed E-state index contributed by atoms with van der Waals surface area (Å²) >= 11 is 0. The lowest BCUT2D eigenvalue weighted by Crippen LogP contribution is -2.45. The summed E-state index contributed by atoms with van der Waals surface area (Å²) in [4.78, 5) is 0. The first-order valence-corrected chi connectivity index (χ1v) is 5.09. The van der Waals surface area contributed by atoms with Crippen molar-refractivity contribution in [2.75, 3.05) is 26.7 Å². The monoisotopic (exact) mass is 188 g/mol. The van der Waals surface area contributed by atoms with Crippen LogP contribution in [0.2, 0.25) is 0 Å². The fourth-order valence-corrected chi connectivity index (χ4v) is 1.40. The minimum Gasteiger partial charge on any atom is -0.330 e. The van der Waals surface area contributed by atoms with E-state index in [1.54, 1.807) is 0 Å². The lowest BCUT2D eigenvalue weighted by molar-refractivity contribution is 0.412. The highest BCUT2D eigenvalue weighted by atomic mass is 14.9. The van der Waals surface area contributed by atoms with Crippen molar-refractivity contribution in [3.63, 3.8) is 0 Å². The molecule has 0 bridgehead atoms. The molecule has 0 aromatic rings. The summed E-state index contributed by atoms with van der Waals surface area (Å²) in [5.74, 6) is 0. The summed E-state index contributed by atoms with van der Waals surface area (Å²) in [6.07, 6.45) is 1.95. The maximum absolute atomic E-state index is 6.00. The van der Waals surface area contributed by atoms with Crippen molar-refractivity contribution in [3.8, 4) is 0 Å². The Hall–Kier alpha value is -0.160. The number of rotatable bonds is 8. The average Bonchev–Trinajstić information content (AvgIpc) is 2.14. The number of nitrogens with two attached hydrogens (primary N) is 2. The van der Waals surface area contributed by atoms with Gasteiger partial charge >= 0.3 is 0 Å². The van der Waals surface area contributed by atoms with Gasteiger partial charge in [0.1, 0.15) is 0 Å². The molecule has 0 aromatic carbocycles. The predicted octanol–water partition coefficient (Wildman–Crippen LogP) is -0.750. The average molecular weight is 188 g/mol. The third kappa shape index (κ3) is 5.99. The van der Waals surface area contributed by atoms with Gasteiger partial charge in [-0.25, -0.2) is 0 Å². The van der Waals surface area contributed by atoms with Crippen molar-refractivity contribution in [2.24, 2.45) is 11.5 Å². The molecular formula is C9H24N4. The van der Waals surface area contributed by atoms with Gasteiger partial charge in [-0.05, 0) is 39.5 Å². The minimum absolute atomic E-state index is 0.201. The molecule has 0 rings (SSSR count). The second-order valence-electron chi connectivity index (χ2n) is 3.28. The van der Waals surface area contributed by atoms with E-state index in [0.717, 1.165) is 25.9 Å². The van der Waals surface area contributed by atoms with E-state index in [4.69, 9.17) is 11.5 Å². The quantitative estimate of drug-likeness (QED) is 0.378. The zero-order chi connectivity index (χ0) is 10.1. The van der Waals surface area contributed by atoms with Crippen molar-refractivity contribution in [2.45, 2.75) is 31.8 Å². The first-order valence-electron chi connectivity index (χ1n) is 5.09. The summed E-state index contributed by atoms with van der Waals surface area (Å²) < 4.78 is 0. The summed E-state index contributed by atoms with van der Waals surface area (Å²) in [5.41, 5.74) is 11.5. The van der Waals surface area contributed by atoms with Crippen molar-refractivity contribution < 1.29 is 0 Å². The van der Waals surface area contributed by atoms with Crippen LogP contribution in [0.5, 0.6) is 0 Å². The molecule has 4 nitrogen and oxygen atoms in total. The molecule has 0 aromatic heterocycles. The summed E-state index contributed by atoms with van der Waals surface area (Å²) in [7, 11) is 1.94. The molecule has 0 aliphatic rings. The second-order valence-corrected chi connectivity index (χ2v) is 3.28. The normalized spacial score (nSPS) is 15.7. The van der Waals surface area contributed by atoms with Crippen molar-refractivity contribution in [3.05, 3.63) is 0 Å². The molecule has 0 fully saturated rings. The molecule has 0 saturated heterocycles. The minimum atomic E-state index is 0.201. The molecule has 6 N–H and O–H groups in total. The van der Waals surface area contributed by atoms with Crippen LogP contribution in [0.25, 0.3) is 0 Å². The zero-order valence-electron chi connectivity index (χ0n) is 8.84. The van der Waals surface area contributed by atoms with Gasteiger partial charge in [0.25, 0.3) is 0 Å². The van der Waals surface area contributed by atoms with Gasteiger partial charge in [0.15, 0.2) is 0 Å². The first-order chi connectivity index (χ1) is 6.26. The maximum atomic E-state index is 6.00. The lowest BCUT2D eigenvalue weighted by atomic mass is 10.0. The Balaban J connectivity index is 3.57. The summed E-state index contributed by atoms with van der Waals surface area (Å²) in [6.45, 7) is 4.79. The van der Waals surface area contributed by atoms with Gasteiger partial charge < -0.3 is 22.1 Å². The van der Waals surface area contributed by atoms with Crippen LogP contribution in [-0.4, -0.2) is 38.8 Å². The summed E-state index contributed by atoms with van der Waals surface area (Å²) in [6, 6.07) is 0.552. The number of nitrogens with one attached hydrogen (secondary N) is 2. The van der Waals surface area contributed by atoms with Crippen LogP contribution in [0.3, 0.4) is 0 Å². The highest BCUT2D eigenvalue weighted by Gasteiger charge is 2.13. The molecule has 13 heavy (non-hydrogen) atoms. The molecule has 0 spiro atoms. The Labute approximate surface area is 81.4 Å². The maximum Gasteiger partial charge on any atom is 0.0228 e. The molecule has 0 amide bonds. The van der Waals surface area contributed by atoms with Gasteiger partial charge in [-0.15, -0.1) is 0 Å². The molecule has 4 heteroatoms. The Morgan fingerprint density at radius 1 is 1.31 bits per heavy atom. The Bertz CT molecular complexity index is 108. The van der Waals surface area contributed by atoms with Crippen LogP contribution in [0.15, 0.2) is 0 Å². The molecule has 80 valence electrons. The van der Waals surface area contributed by atoms with Crippen molar-refractivity contribution in [1.82, 2.24) is 10.6 Å². The van der Waals surface area contributed by atoms with Crippen LogP contribution in [0, 0.1) is 0 Å². The third-order valence-electron chi connectivity index (χ3n) is 2.27. The van der Waals surface area contributed by atoms with E-state index in [1.165, 1.54) is 0 Å². The van der Waals surface area contributed by atoms with Crippen LogP contribution in [-0.2, 0) is 0 Å². The lowest BCUT2D eigenvalue weighted by Gasteiger charge is -2.22. The molecule has 0 aliphatic heterocycles. The van der Waals surface area contributed by atoms with Gasteiger partial charge in [-0.2, -0.15) is 0 Å². The van der Waals surface area contributed by atoms with E-state index in [0.29, 0.717) is 12.6 Å². The number of hydrogen-bond acceptors (Lipinski definition) is 4. The molecule has 0 radical (unpaired) electrons. The topological polar surface area (TPSA) is 76.1 Å². The van der Waals surface area contributed by atoms with E-state index in [-0.39, 0.29) is 6.04 Å². The SMILES string of the molecule is CCNCCC(N)C(CCN)NC. The first kappa shape index (κ1) is 12.8. The van der Waals surface area contributed by atoms with E-state index >= 15 is 0 Å². The molecule has 0 saturated carbocycles. The van der Waals surface area contributed by atoms with Crippen LogP contribution in [0.4, 0.5) is 0 Å². The zero-order valence-corrected chi connectivity index (χ0v) is 8.84. The number of hydrogen-bond donors (Lipinski definition) is 4. The Morgan fingerprint density at radius 3 is 2.46 bits per heavy atom. The van der Waals surface area contributed by atoms with Crippen molar-refractivity contribution >= 4 is 0 Å². The van der Waals surface area contributed by atoms with Gasteiger partial charge in [-0.3, -0.25) is 0 Å². The molecule has 0 aliphatic carbocycles. The Morgan fingerprint density at radius 2 is 2.00 bits per heavy atom. The molecule has 2 atom stereocenters. The highest BCUT2D eigenvalue weighted by Crippen LogP contribution is 1.98. The van der Waals surface area contributed by atoms with Gasteiger partial charge in [-0.1, -0.05) is 6.92 Å². The highest BCUT2D eigenvalue weighted by molar-refractivity contribution is 4.78. The van der Waals surface area contributed by atoms with Gasteiger partial charge in [0, 0.05) is 12.1 Å². The largest absolute Gasteiger partial charge is 0.330 e. The van der Waals surface area contributed by atoms with Crippen LogP contribution < -0.4 is 22.1 Å². The van der Waals surface area contributed by atoms with Crippen LogP contribution in [0.1, 0.15) is 19.8 Å². The van der Waals surface area contributed by atoms with Crippen molar-refractivity contribution in [1.29, 1.82) is 0 Å². The molecular weight excluding hydrogens is 164 g/mol. The van der Waals surface area contributed by atoms with E-state index < -0.39 is 0 Å². The summed E-state index contributed by atoms with van der Waals surface area (Å²) in [5, 5.41) is 6.46. The standard InChI is InChI=1S/C9H24N4/c1-3-13-7-5-8(11)9(12-2)4-6-10/h8-9,12-13H,3-7,10-11H2,1-2H3. The Kier molecular flexibility index (Phi) is 8.33. The van der Waals surface area contributed by atoms with Crippen LogP contribution >= 0.6 is 0 Å². The van der Waals surface area contributed by atoms with Gasteiger partial charge in [0.05, 0.1) is 0 Å². The van der Waals surface area contributed by atoms with E-state index in [2.05, 4.69) is 17.6 Å². The predicted molar refractivity (Wildman–Crippen MR) is 57.7 cm³/mol. The van der Waals surface area contributed by atoms with Gasteiger partial charge in [0.2, 0.25) is 0 Å². The second kappa shape index (κ2) is 8.44. The molecule has 0 heterocycles. The third-order valence-corrected chi connectivity index (χ3v) is 2.27. The fraction of sp³-hybridized carbons (Fsp3) is 1.00.